The lowest BCUT2D eigenvalue weighted by Gasteiger charge is -2.21. The van der Waals surface area contributed by atoms with Gasteiger partial charge in [0.15, 0.2) is 13.4 Å². The highest BCUT2D eigenvalue weighted by Gasteiger charge is 2.17. The average molecular weight is 375 g/mol. The molecular weight excluding hydrogens is 357 g/mol. The number of hydrogen-bond acceptors (Lipinski definition) is 5. The van der Waals surface area contributed by atoms with E-state index in [2.05, 4.69) is 5.32 Å². The van der Waals surface area contributed by atoms with Crippen molar-refractivity contribution >= 4 is 11.9 Å². The van der Waals surface area contributed by atoms with Gasteiger partial charge in [-0.3, -0.25) is 4.79 Å². The van der Waals surface area contributed by atoms with Crippen LogP contribution in [0, 0.1) is 5.82 Å². The Balaban J connectivity index is 1.59. The number of hydrogen-bond donors (Lipinski definition) is 2. The number of benzene rings is 2. The molecule has 0 atom stereocenters. The van der Waals surface area contributed by atoms with Crippen LogP contribution in [-0.4, -0.2) is 36.9 Å². The van der Waals surface area contributed by atoms with Crippen LogP contribution >= 0.6 is 0 Å². The molecular formula is C19H18FNO6. The van der Waals surface area contributed by atoms with E-state index in [0.29, 0.717) is 28.9 Å². The minimum absolute atomic E-state index is 0.112. The van der Waals surface area contributed by atoms with Crippen LogP contribution in [0.4, 0.5) is 4.39 Å². The third kappa shape index (κ3) is 4.95. The van der Waals surface area contributed by atoms with Crippen LogP contribution in [0.2, 0.25) is 0 Å². The first-order valence-corrected chi connectivity index (χ1v) is 8.27. The maximum Gasteiger partial charge on any atom is 0.341 e. The molecule has 2 aromatic carbocycles. The van der Waals surface area contributed by atoms with Gasteiger partial charge in [-0.1, -0.05) is 6.07 Å². The molecule has 0 unspecified atom stereocenters. The van der Waals surface area contributed by atoms with E-state index in [4.69, 9.17) is 19.3 Å². The van der Waals surface area contributed by atoms with Gasteiger partial charge in [0.1, 0.15) is 17.3 Å². The summed E-state index contributed by atoms with van der Waals surface area (Å²) >= 11 is 0. The van der Waals surface area contributed by atoms with E-state index >= 15 is 0 Å². The van der Waals surface area contributed by atoms with Crippen molar-refractivity contribution in [2.45, 2.75) is 13.0 Å². The second kappa shape index (κ2) is 8.50. The standard InChI is InChI=1S/C19H18FNO6/c20-15-6-12(18-14(7-15)9-25-11-27-18)4-5-21-19(24)13-2-1-3-16(8-13)26-10-17(22)23/h1-3,6-8H,4-5,9-11H2,(H,21,24)(H,22,23). The zero-order valence-electron chi connectivity index (χ0n) is 14.4. The zero-order chi connectivity index (χ0) is 19.2. The van der Waals surface area contributed by atoms with Crippen molar-refractivity contribution in [2.24, 2.45) is 0 Å². The fraction of sp³-hybridized carbons (Fsp3) is 0.263. The Morgan fingerprint density at radius 2 is 2.11 bits per heavy atom. The van der Waals surface area contributed by atoms with Crippen LogP contribution in [-0.2, 0) is 22.6 Å². The van der Waals surface area contributed by atoms with Crippen molar-refractivity contribution in [3.05, 3.63) is 58.9 Å². The summed E-state index contributed by atoms with van der Waals surface area (Å²) in [5.41, 5.74) is 1.64. The smallest absolute Gasteiger partial charge is 0.341 e. The predicted molar refractivity (Wildman–Crippen MR) is 92.3 cm³/mol. The van der Waals surface area contributed by atoms with Crippen molar-refractivity contribution in [1.82, 2.24) is 5.32 Å². The number of fused-ring (bicyclic) bond motifs is 1. The molecule has 0 radical (unpaired) electrons. The topological polar surface area (TPSA) is 94.1 Å². The molecule has 7 nitrogen and oxygen atoms in total. The molecule has 1 aliphatic rings. The maximum atomic E-state index is 13.7. The number of amides is 1. The van der Waals surface area contributed by atoms with E-state index in [9.17, 15) is 14.0 Å². The van der Waals surface area contributed by atoms with E-state index in [1.807, 2.05) is 0 Å². The second-order valence-electron chi connectivity index (χ2n) is 5.88. The number of carboxylic acid groups (broad SMARTS) is 1. The van der Waals surface area contributed by atoms with Crippen LogP contribution in [0.3, 0.4) is 0 Å². The zero-order valence-corrected chi connectivity index (χ0v) is 14.4. The molecule has 142 valence electrons. The summed E-state index contributed by atoms with van der Waals surface area (Å²) in [4.78, 5) is 22.8. The molecule has 0 bridgehead atoms. The van der Waals surface area contributed by atoms with Gasteiger partial charge in [-0.05, 0) is 42.3 Å². The van der Waals surface area contributed by atoms with Gasteiger partial charge in [0.2, 0.25) is 0 Å². The average Bonchev–Trinajstić information content (AvgIpc) is 2.66. The summed E-state index contributed by atoms with van der Waals surface area (Å²) in [6, 6.07) is 8.98. The van der Waals surface area contributed by atoms with E-state index in [1.54, 1.807) is 18.2 Å². The quantitative estimate of drug-likeness (QED) is 0.770. The lowest BCUT2D eigenvalue weighted by molar-refractivity contribution is -0.139. The number of carbonyl (C=O) groups is 2. The van der Waals surface area contributed by atoms with Gasteiger partial charge in [-0.2, -0.15) is 0 Å². The Hall–Kier alpha value is -3.13. The second-order valence-corrected chi connectivity index (χ2v) is 5.88. The minimum atomic E-state index is -1.10. The van der Waals surface area contributed by atoms with Crippen molar-refractivity contribution in [3.8, 4) is 11.5 Å². The number of carboxylic acids is 1. The highest BCUT2D eigenvalue weighted by atomic mass is 19.1. The summed E-state index contributed by atoms with van der Waals surface area (Å²) in [5.74, 6) is -0.938. The third-order valence-electron chi connectivity index (χ3n) is 3.89. The highest BCUT2D eigenvalue weighted by Crippen LogP contribution is 2.29. The van der Waals surface area contributed by atoms with Gasteiger partial charge in [0.05, 0.1) is 6.61 Å². The largest absolute Gasteiger partial charge is 0.482 e. The van der Waals surface area contributed by atoms with Gasteiger partial charge in [0.25, 0.3) is 5.91 Å². The summed E-state index contributed by atoms with van der Waals surface area (Å²) in [6.07, 6.45) is 0.390. The molecule has 0 saturated carbocycles. The van der Waals surface area contributed by atoms with Gasteiger partial charge in [-0.15, -0.1) is 0 Å². The van der Waals surface area contributed by atoms with Crippen molar-refractivity contribution in [3.63, 3.8) is 0 Å². The Kier molecular flexibility index (Phi) is 5.87. The predicted octanol–water partition coefficient (Wildman–Crippen LogP) is 2.13. The number of aliphatic carboxylic acids is 1. The van der Waals surface area contributed by atoms with E-state index < -0.39 is 12.6 Å². The van der Waals surface area contributed by atoms with Gasteiger partial charge < -0.3 is 24.6 Å². The van der Waals surface area contributed by atoms with Crippen molar-refractivity contribution in [1.29, 1.82) is 0 Å². The normalized spacial score (nSPS) is 12.6. The first-order chi connectivity index (χ1) is 13.0. The Bertz CT molecular complexity index is 854. The Morgan fingerprint density at radius 3 is 2.93 bits per heavy atom. The van der Waals surface area contributed by atoms with Gasteiger partial charge >= 0.3 is 5.97 Å². The monoisotopic (exact) mass is 375 g/mol. The fourth-order valence-corrected chi connectivity index (χ4v) is 2.73. The molecule has 2 aromatic rings. The summed E-state index contributed by atoms with van der Waals surface area (Å²) in [7, 11) is 0. The van der Waals surface area contributed by atoms with E-state index in [1.165, 1.54) is 18.2 Å². The number of nitrogens with one attached hydrogen (secondary N) is 1. The number of halogens is 1. The van der Waals surface area contributed by atoms with Gasteiger partial charge in [-0.25, -0.2) is 9.18 Å². The number of rotatable bonds is 7. The summed E-state index contributed by atoms with van der Waals surface area (Å²) in [6.45, 7) is 0.190. The van der Waals surface area contributed by atoms with Crippen LogP contribution in [0.15, 0.2) is 36.4 Å². The third-order valence-corrected chi connectivity index (χ3v) is 3.89. The first-order valence-electron chi connectivity index (χ1n) is 8.27. The highest BCUT2D eigenvalue weighted by molar-refractivity contribution is 5.94. The van der Waals surface area contributed by atoms with Crippen molar-refractivity contribution < 1.29 is 33.3 Å². The molecule has 2 N–H and O–H groups in total. The molecule has 0 fully saturated rings. The van der Waals surface area contributed by atoms with Crippen LogP contribution in [0.1, 0.15) is 21.5 Å². The lowest BCUT2D eigenvalue weighted by Crippen LogP contribution is -2.26. The molecule has 0 aliphatic carbocycles. The summed E-state index contributed by atoms with van der Waals surface area (Å²) in [5, 5.41) is 11.4. The molecule has 0 aromatic heterocycles. The van der Waals surface area contributed by atoms with Crippen LogP contribution in [0.25, 0.3) is 0 Å². The van der Waals surface area contributed by atoms with Crippen molar-refractivity contribution in [2.75, 3.05) is 19.9 Å². The maximum absolute atomic E-state index is 13.7. The Morgan fingerprint density at radius 1 is 1.26 bits per heavy atom. The molecule has 1 heterocycles. The van der Waals surface area contributed by atoms with E-state index in [0.717, 1.165) is 0 Å². The van der Waals surface area contributed by atoms with Gasteiger partial charge in [0, 0.05) is 17.7 Å². The van der Waals surface area contributed by atoms with E-state index in [-0.39, 0.29) is 37.4 Å². The molecule has 1 aliphatic heterocycles. The summed E-state index contributed by atoms with van der Waals surface area (Å²) < 4.78 is 29.4. The fourth-order valence-electron chi connectivity index (χ4n) is 2.73. The first kappa shape index (κ1) is 18.7. The lowest BCUT2D eigenvalue weighted by atomic mass is 10.1. The molecule has 1 amide bonds. The van der Waals surface area contributed by atoms with Crippen LogP contribution in [0.5, 0.6) is 11.5 Å². The number of ether oxygens (including phenoxy) is 3. The Labute approximate surface area is 154 Å². The molecule has 8 heteroatoms. The molecule has 0 spiro atoms. The molecule has 0 saturated heterocycles. The molecule has 27 heavy (non-hydrogen) atoms. The van der Waals surface area contributed by atoms with Crippen LogP contribution < -0.4 is 14.8 Å². The number of carbonyl (C=O) groups excluding carboxylic acids is 1. The SMILES string of the molecule is O=C(O)COc1cccc(C(=O)NCCc2cc(F)cc3c2OCOC3)c1. The molecule has 3 rings (SSSR count). The minimum Gasteiger partial charge on any atom is -0.482 e.